The number of benzene rings is 1. The quantitative estimate of drug-likeness (QED) is 0.250. The number of rotatable bonds is 14. The SMILES string of the molecule is CCCCCCCCCCO[C@@H]1[C@H]2OC(C)(C)O[C@H]2O[C@@H]1[C@H](C)NC(=O)Nc1ccc(C(=O)OC)cc1. The molecule has 2 aliphatic heterocycles. The molecule has 0 spiro atoms. The Kier molecular flexibility index (Phi) is 11.2. The molecule has 1 aromatic rings. The predicted octanol–water partition coefficient (Wildman–Crippen LogP) is 5.39. The van der Waals surface area contributed by atoms with Gasteiger partial charge < -0.3 is 34.3 Å². The van der Waals surface area contributed by atoms with Crippen molar-refractivity contribution in [3.8, 4) is 0 Å². The molecule has 2 amide bonds. The van der Waals surface area contributed by atoms with Crippen LogP contribution < -0.4 is 10.6 Å². The fourth-order valence-electron chi connectivity index (χ4n) is 4.82. The minimum absolute atomic E-state index is 0.354. The minimum Gasteiger partial charge on any atom is -0.465 e. The van der Waals surface area contributed by atoms with Gasteiger partial charge in [0.2, 0.25) is 0 Å². The first kappa shape index (κ1) is 29.4. The second-order valence-electron chi connectivity index (χ2n) is 10.3. The van der Waals surface area contributed by atoms with Gasteiger partial charge >= 0.3 is 12.0 Å². The summed E-state index contributed by atoms with van der Waals surface area (Å²) in [5, 5.41) is 5.72. The number of esters is 1. The maximum Gasteiger partial charge on any atom is 0.337 e. The summed E-state index contributed by atoms with van der Waals surface area (Å²) >= 11 is 0. The Morgan fingerprint density at radius 2 is 1.65 bits per heavy atom. The molecule has 2 heterocycles. The molecular weight excluding hydrogens is 476 g/mol. The molecule has 2 aliphatic rings. The molecule has 208 valence electrons. The Labute approximate surface area is 220 Å². The maximum atomic E-state index is 12.7. The number of nitrogens with one attached hydrogen (secondary N) is 2. The van der Waals surface area contributed by atoms with Crippen LogP contribution in [0.4, 0.5) is 10.5 Å². The lowest BCUT2D eigenvalue weighted by Gasteiger charge is -2.29. The summed E-state index contributed by atoms with van der Waals surface area (Å²) in [6.45, 7) is 8.44. The van der Waals surface area contributed by atoms with Crippen LogP contribution in [0.25, 0.3) is 0 Å². The number of hydrogen-bond donors (Lipinski definition) is 2. The number of anilines is 1. The second-order valence-corrected chi connectivity index (χ2v) is 10.3. The van der Waals surface area contributed by atoms with Crippen molar-refractivity contribution in [2.24, 2.45) is 0 Å². The van der Waals surface area contributed by atoms with Gasteiger partial charge in [-0.25, -0.2) is 9.59 Å². The van der Waals surface area contributed by atoms with Crippen LogP contribution in [0.5, 0.6) is 0 Å². The maximum absolute atomic E-state index is 12.7. The van der Waals surface area contributed by atoms with Gasteiger partial charge in [-0.15, -0.1) is 0 Å². The summed E-state index contributed by atoms with van der Waals surface area (Å²) in [5.41, 5.74) is 0.963. The second kappa shape index (κ2) is 14.1. The molecule has 0 unspecified atom stereocenters. The largest absolute Gasteiger partial charge is 0.465 e. The van der Waals surface area contributed by atoms with Crippen LogP contribution in [-0.4, -0.2) is 62.1 Å². The van der Waals surface area contributed by atoms with E-state index >= 15 is 0 Å². The number of urea groups is 1. The summed E-state index contributed by atoms with van der Waals surface area (Å²) in [5.74, 6) is -1.18. The van der Waals surface area contributed by atoms with Gasteiger partial charge in [0.15, 0.2) is 12.1 Å². The third-order valence-corrected chi connectivity index (χ3v) is 6.75. The third kappa shape index (κ3) is 8.67. The molecule has 2 fully saturated rings. The highest BCUT2D eigenvalue weighted by atomic mass is 16.8. The van der Waals surface area contributed by atoms with Gasteiger partial charge in [0.25, 0.3) is 0 Å². The minimum atomic E-state index is -0.745. The van der Waals surface area contributed by atoms with Gasteiger partial charge in [-0.2, -0.15) is 0 Å². The zero-order valence-electron chi connectivity index (χ0n) is 22.9. The van der Waals surface area contributed by atoms with E-state index in [1.54, 1.807) is 24.3 Å². The van der Waals surface area contributed by atoms with Crippen molar-refractivity contribution in [3.63, 3.8) is 0 Å². The van der Waals surface area contributed by atoms with Crippen molar-refractivity contribution in [3.05, 3.63) is 29.8 Å². The molecule has 0 radical (unpaired) electrons. The highest BCUT2D eigenvalue weighted by Gasteiger charge is 2.56. The van der Waals surface area contributed by atoms with E-state index in [1.165, 1.54) is 45.6 Å². The molecule has 0 saturated carbocycles. The molecule has 37 heavy (non-hydrogen) atoms. The number of carbonyl (C=O) groups excluding carboxylic acids is 2. The molecule has 2 N–H and O–H groups in total. The van der Waals surface area contributed by atoms with E-state index in [-0.39, 0.29) is 24.3 Å². The Hall–Kier alpha value is -2.20. The van der Waals surface area contributed by atoms with E-state index in [4.69, 9.17) is 23.7 Å². The average Bonchev–Trinajstić information content (AvgIpc) is 3.34. The zero-order valence-corrected chi connectivity index (χ0v) is 22.9. The molecular formula is C28H44N2O7. The molecule has 9 nitrogen and oxygen atoms in total. The highest BCUT2D eigenvalue weighted by molar-refractivity contribution is 5.92. The Morgan fingerprint density at radius 1 is 1.00 bits per heavy atom. The van der Waals surface area contributed by atoms with Crippen molar-refractivity contribution < 1.29 is 33.3 Å². The molecule has 1 aromatic carbocycles. The number of hydrogen-bond acceptors (Lipinski definition) is 7. The van der Waals surface area contributed by atoms with Crippen LogP contribution in [0, 0.1) is 0 Å². The summed E-state index contributed by atoms with van der Waals surface area (Å²) in [7, 11) is 1.33. The van der Waals surface area contributed by atoms with Crippen molar-refractivity contribution in [2.45, 2.75) is 115 Å². The molecule has 9 heteroatoms. The predicted molar refractivity (Wildman–Crippen MR) is 140 cm³/mol. The van der Waals surface area contributed by atoms with E-state index in [2.05, 4.69) is 17.6 Å². The van der Waals surface area contributed by atoms with Gasteiger partial charge in [0.05, 0.1) is 18.7 Å². The van der Waals surface area contributed by atoms with Crippen molar-refractivity contribution >= 4 is 17.7 Å². The first-order valence-corrected chi connectivity index (χ1v) is 13.6. The third-order valence-electron chi connectivity index (χ3n) is 6.75. The number of ether oxygens (including phenoxy) is 5. The monoisotopic (exact) mass is 520 g/mol. The standard InChI is InChI=1S/C28H44N2O7/c1-6-7-8-9-10-11-12-13-18-34-23-22(35-26-24(23)36-28(3,4)37-26)19(2)29-27(32)30-21-16-14-20(15-17-21)25(31)33-5/h14-17,19,22-24,26H,6-13,18H2,1-5H3,(H2,29,30,32)/t19-,22+,23-,24+,26+/m0/s1. The van der Waals surface area contributed by atoms with Crippen LogP contribution in [0.2, 0.25) is 0 Å². The summed E-state index contributed by atoms with van der Waals surface area (Å²) in [4.78, 5) is 24.3. The fourth-order valence-corrected chi connectivity index (χ4v) is 4.82. The van der Waals surface area contributed by atoms with Crippen LogP contribution in [0.1, 0.15) is 89.4 Å². The van der Waals surface area contributed by atoms with Gasteiger partial charge in [0, 0.05) is 12.3 Å². The molecule has 0 aromatic heterocycles. The summed E-state index contributed by atoms with van der Waals surface area (Å²) in [6.07, 6.45) is 8.13. The lowest BCUT2D eigenvalue weighted by molar-refractivity contribution is -0.220. The van der Waals surface area contributed by atoms with E-state index < -0.39 is 24.2 Å². The number of unbranched alkanes of at least 4 members (excludes halogenated alkanes) is 7. The smallest absolute Gasteiger partial charge is 0.337 e. The van der Waals surface area contributed by atoms with E-state index in [0.717, 1.165) is 12.8 Å². The first-order valence-electron chi connectivity index (χ1n) is 13.6. The number of methoxy groups -OCH3 is 1. The van der Waals surface area contributed by atoms with E-state index in [9.17, 15) is 9.59 Å². The molecule has 0 aliphatic carbocycles. The molecule has 0 bridgehead atoms. The topological polar surface area (TPSA) is 104 Å². The summed E-state index contributed by atoms with van der Waals surface area (Å²) < 4.78 is 29.2. The van der Waals surface area contributed by atoms with Crippen LogP contribution in [0.3, 0.4) is 0 Å². The lowest BCUT2D eigenvalue weighted by atomic mass is 10.0. The number of carbonyl (C=O) groups is 2. The van der Waals surface area contributed by atoms with Gasteiger partial charge in [0.1, 0.15) is 18.3 Å². The summed E-state index contributed by atoms with van der Waals surface area (Å²) in [6, 6.07) is 5.73. The van der Waals surface area contributed by atoms with Gasteiger partial charge in [-0.1, -0.05) is 51.9 Å². The number of amides is 2. The van der Waals surface area contributed by atoms with Crippen molar-refractivity contribution in [2.75, 3.05) is 19.0 Å². The zero-order chi connectivity index (χ0) is 26.8. The molecule has 5 atom stereocenters. The van der Waals surface area contributed by atoms with Crippen molar-refractivity contribution in [1.82, 2.24) is 5.32 Å². The normalized spacial score (nSPS) is 24.9. The Bertz CT molecular complexity index is 861. The van der Waals surface area contributed by atoms with Crippen LogP contribution in [0.15, 0.2) is 24.3 Å². The highest BCUT2D eigenvalue weighted by Crippen LogP contribution is 2.39. The lowest BCUT2D eigenvalue weighted by Crippen LogP contribution is -2.50. The van der Waals surface area contributed by atoms with E-state index in [1.807, 2.05) is 20.8 Å². The van der Waals surface area contributed by atoms with Crippen molar-refractivity contribution in [1.29, 1.82) is 0 Å². The van der Waals surface area contributed by atoms with Gasteiger partial charge in [-0.05, 0) is 51.5 Å². The van der Waals surface area contributed by atoms with E-state index in [0.29, 0.717) is 17.9 Å². The number of fused-ring (bicyclic) bond motifs is 1. The average molecular weight is 521 g/mol. The first-order chi connectivity index (χ1) is 17.7. The fraction of sp³-hybridized carbons (Fsp3) is 0.714. The molecule has 3 rings (SSSR count). The Morgan fingerprint density at radius 3 is 2.30 bits per heavy atom. The van der Waals surface area contributed by atoms with Crippen LogP contribution in [-0.2, 0) is 23.7 Å². The Balaban J connectivity index is 1.49. The molecule has 2 saturated heterocycles. The van der Waals surface area contributed by atoms with Gasteiger partial charge in [-0.3, -0.25) is 0 Å². The van der Waals surface area contributed by atoms with Crippen LogP contribution >= 0.6 is 0 Å².